The van der Waals surface area contributed by atoms with Crippen LogP contribution in [0.25, 0.3) is 22.3 Å². The molecule has 1 aliphatic heterocycles. The van der Waals surface area contributed by atoms with E-state index in [9.17, 15) is 4.79 Å². The largest absolute Gasteiger partial charge is 0.356 e. The Morgan fingerprint density at radius 1 is 1.08 bits per heavy atom. The predicted molar refractivity (Wildman–Crippen MR) is 147 cm³/mol. The number of hydrogen-bond donors (Lipinski definition) is 1. The topological polar surface area (TPSA) is 83.9 Å². The van der Waals surface area contributed by atoms with E-state index in [1.807, 2.05) is 31.2 Å². The van der Waals surface area contributed by atoms with Crippen LogP contribution in [0.2, 0.25) is 0 Å². The first kappa shape index (κ1) is 25.7. The van der Waals surface area contributed by atoms with Gasteiger partial charge in [0.2, 0.25) is 0 Å². The summed E-state index contributed by atoms with van der Waals surface area (Å²) in [4.78, 5) is 33.1. The van der Waals surface area contributed by atoms with E-state index in [0.29, 0.717) is 51.4 Å². The highest BCUT2D eigenvalue weighted by Crippen LogP contribution is 2.30. The van der Waals surface area contributed by atoms with Gasteiger partial charge in [-0.1, -0.05) is 20.8 Å². The van der Waals surface area contributed by atoms with Gasteiger partial charge in [0.1, 0.15) is 11.6 Å². The summed E-state index contributed by atoms with van der Waals surface area (Å²) < 4.78 is 15.1. The predicted octanol–water partition coefficient (Wildman–Crippen LogP) is 5.51. The van der Waals surface area contributed by atoms with Crippen molar-refractivity contribution in [2.75, 3.05) is 18.0 Å². The standard InChI is InChI=1S/C30H33FN6O/c1-5-21-9-23(13-32-12-21)30(38)34-15-24-10-27-22(14-33-24)6-7-26(35-27)29-20(4)25(31)11-28(36-29)37-16-18(2)8-19(3)17-37/h6-7,9-14,18-19H,5,8,15-17H2,1-4H3,(H,34,38)/t18-,19?/m1/s1. The van der Waals surface area contributed by atoms with E-state index < -0.39 is 0 Å². The molecular weight excluding hydrogens is 479 g/mol. The van der Waals surface area contributed by atoms with Crippen LogP contribution in [0.5, 0.6) is 0 Å². The molecule has 38 heavy (non-hydrogen) atoms. The van der Waals surface area contributed by atoms with Gasteiger partial charge in [0.25, 0.3) is 5.91 Å². The Hall–Kier alpha value is -3.94. The van der Waals surface area contributed by atoms with Crippen molar-refractivity contribution in [3.8, 4) is 11.4 Å². The van der Waals surface area contributed by atoms with Crippen LogP contribution >= 0.6 is 0 Å². The van der Waals surface area contributed by atoms with Crippen LogP contribution in [-0.2, 0) is 13.0 Å². The number of nitrogens with zero attached hydrogens (tertiary/aromatic N) is 5. The summed E-state index contributed by atoms with van der Waals surface area (Å²) in [5.74, 6) is 1.24. The van der Waals surface area contributed by atoms with Crippen molar-refractivity contribution in [1.29, 1.82) is 0 Å². The summed E-state index contributed by atoms with van der Waals surface area (Å²) in [5, 5.41) is 3.77. The second kappa shape index (κ2) is 10.8. The lowest BCUT2D eigenvalue weighted by Gasteiger charge is -2.36. The Kier molecular flexibility index (Phi) is 7.31. The molecule has 2 atom stereocenters. The third kappa shape index (κ3) is 5.49. The monoisotopic (exact) mass is 512 g/mol. The fourth-order valence-electron chi connectivity index (χ4n) is 5.19. The van der Waals surface area contributed by atoms with Gasteiger partial charge in [0, 0.05) is 48.7 Å². The van der Waals surface area contributed by atoms with Gasteiger partial charge >= 0.3 is 0 Å². The summed E-state index contributed by atoms with van der Waals surface area (Å²) in [6, 6.07) is 9.02. The van der Waals surface area contributed by atoms with Crippen molar-refractivity contribution in [2.24, 2.45) is 11.8 Å². The fraction of sp³-hybridized carbons (Fsp3) is 0.367. The Morgan fingerprint density at radius 2 is 1.87 bits per heavy atom. The van der Waals surface area contributed by atoms with Crippen LogP contribution in [0.4, 0.5) is 10.2 Å². The van der Waals surface area contributed by atoms with Crippen LogP contribution in [0, 0.1) is 24.6 Å². The minimum atomic E-state index is -0.280. The van der Waals surface area contributed by atoms with E-state index in [1.54, 1.807) is 31.6 Å². The molecular formula is C30H33FN6O. The van der Waals surface area contributed by atoms with Gasteiger partial charge in [0.15, 0.2) is 0 Å². The maximum atomic E-state index is 15.1. The molecule has 0 radical (unpaired) electrons. The first-order valence-corrected chi connectivity index (χ1v) is 13.2. The molecule has 0 aliphatic carbocycles. The van der Waals surface area contributed by atoms with Crippen molar-refractivity contribution in [1.82, 2.24) is 25.3 Å². The summed E-state index contributed by atoms with van der Waals surface area (Å²) in [6.45, 7) is 10.2. The summed E-state index contributed by atoms with van der Waals surface area (Å²) in [7, 11) is 0. The van der Waals surface area contributed by atoms with Crippen LogP contribution < -0.4 is 10.2 Å². The minimum Gasteiger partial charge on any atom is -0.356 e. The van der Waals surface area contributed by atoms with Gasteiger partial charge in [-0.2, -0.15) is 0 Å². The molecule has 0 aromatic carbocycles. The highest BCUT2D eigenvalue weighted by molar-refractivity contribution is 5.94. The average Bonchev–Trinajstić information content (AvgIpc) is 2.92. The molecule has 1 fully saturated rings. The molecule has 1 saturated heterocycles. The van der Waals surface area contributed by atoms with E-state index in [-0.39, 0.29) is 18.3 Å². The summed E-state index contributed by atoms with van der Waals surface area (Å²) in [6.07, 6.45) is 7.04. The van der Waals surface area contributed by atoms with Crippen molar-refractivity contribution in [3.05, 3.63) is 77.1 Å². The maximum absolute atomic E-state index is 15.1. The molecule has 0 saturated carbocycles. The normalized spacial score (nSPS) is 17.6. The second-order valence-corrected chi connectivity index (χ2v) is 10.5. The Morgan fingerprint density at radius 3 is 2.63 bits per heavy atom. The molecule has 1 N–H and O–H groups in total. The van der Waals surface area contributed by atoms with Crippen LogP contribution in [0.1, 0.15) is 54.4 Å². The molecule has 5 rings (SSSR count). The number of piperidine rings is 1. The summed E-state index contributed by atoms with van der Waals surface area (Å²) >= 11 is 0. The quantitative estimate of drug-likeness (QED) is 0.367. The number of amides is 1. The number of pyridine rings is 4. The fourth-order valence-corrected chi connectivity index (χ4v) is 5.19. The lowest BCUT2D eigenvalue weighted by atomic mass is 9.92. The molecule has 8 heteroatoms. The van der Waals surface area contributed by atoms with E-state index in [1.165, 1.54) is 6.42 Å². The number of fused-ring (bicyclic) bond motifs is 1. The minimum absolute atomic E-state index is 0.204. The number of carbonyl (C=O) groups excluding carboxylic acids is 1. The van der Waals surface area contributed by atoms with Crippen molar-refractivity contribution in [2.45, 2.75) is 47.1 Å². The van der Waals surface area contributed by atoms with E-state index in [2.05, 4.69) is 34.0 Å². The maximum Gasteiger partial charge on any atom is 0.253 e. The van der Waals surface area contributed by atoms with Crippen molar-refractivity contribution in [3.63, 3.8) is 0 Å². The highest BCUT2D eigenvalue weighted by atomic mass is 19.1. The zero-order valence-corrected chi connectivity index (χ0v) is 22.3. The van der Waals surface area contributed by atoms with Gasteiger partial charge in [-0.05, 0) is 61.4 Å². The molecule has 196 valence electrons. The number of carbonyl (C=O) groups is 1. The Labute approximate surface area is 222 Å². The first-order valence-electron chi connectivity index (χ1n) is 13.2. The Balaban J connectivity index is 1.40. The number of aromatic nitrogens is 4. The third-order valence-corrected chi connectivity index (χ3v) is 7.16. The Bertz CT molecular complexity index is 1480. The smallest absolute Gasteiger partial charge is 0.253 e. The van der Waals surface area contributed by atoms with Crippen molar-refractivity contribution >= 4 is 22.6 Å². The molecule has 4 aromatic heterocycles. The lowest BCUT2D eigenvalue weighted by molar-refractivity contribution is 0.0950. The molecule has 0 bridgehead atoms. The zero-order valence-electron chi connectivity index (χ0n) is 22.3. The van der Waals surface area contributed by atoms with Gasteiger partial charge in [-0.25, -0.2) is 14.4 Å². The van der Waals surface area contributed by atoms with E-state index in [0.717, 1.165) is 30.5 Å². The molecule has 4 aromatic rings. The van der Waals surface area contributed by atoms with Crippen LogP contribution in [-0.4, -0.2) is 38.9 Å². The highest BCUT2D eigenvalue weighted by Gasteiger charge is 2.24. The lowest BCUT2D eigenvalue weighted by Crippen LogP contribution is -2.39. The molecule has 1 aliphatic rings. The summed E-state index contributed by atoms with van der Waals surface area (Å²) in [5.41, 5.74) is 4.54. The zero-order chi connectivity index (χ0) is 26.8. The molecule has 1 amide bonds. The van der Waals surface area contributed by atoms with E-state index in [4.69, 9.17) is 9.97 Å². The first-order chi connectivity index (χ1) is 18.3. The second-order valence-electron chi connectivity index (χ2n) is 10.5. The average molecular weight is 513 g/mol. The number of nitrogens with one attached hydrogen (secondary N) is 1. The molecule has 1 unspecified atom stereocenters. The number of halogens is 1. The number of hydrogen-bond acceptors (Lipinski definition) is 6. The van der Waals surface area contributed by atoms with Crippen LogP contribution in [0.3, 0.4) is 0 Å². The van der Waals surface area contributed by atoms with Gasteiger partial charge in [0.05, 0.1) is 34.7 Å². The third-order valence-electron chi connectivity index (χ3n) is 7.16. The van der Waals surface area contributed by atoms with E-state index >= 15 is 4.39 Å². The number of rotatable bonds is 6. The molecule has 7 nitrogen and oxygen atoms in total. The van der Waals surface area contributed by atoms with Crippen molar-refractivity contribution < 1.29 is 9.18 Å². The van der Waals surface area contributed by atoms with Gasteiger partial charge in [-0.15, -0.1) is 0 Å². The van der Waals surface area contributed by atoms with Gasteiger partial charge < -0.3 is 10.2 Å². The van der Waals surface area contributed by atoms with Gasteiger partial charge in [-0.3, -0.25) is 14.8 Å². The molecule has 5 heterocycles. The number of aryl methyl sites for hydroxylation is 1. The molecule has 0 spiro atoms. The number of anilines is 1. The SMILES string of the molecule is CCc1cncc(C(=O)NCc2cc3nc(-c4nc(N5CC(C)C[C@@H](C)C5)cc(F)c4C)ccc3cn2)c1. The van der Waals surface area contributed by atoms with Crippen LogP contribution in [0.15, 0.2) is 48.9 Å².